The van der Waals surface area contributed by atoms with E-state index in [9.17, 15) is 4.79 Å². The van der Waals surface area contributed by atoms with E-state index in [2.05, 4.69) is 16.7 Å². The van der Waals surface area contributed by atoms with Crippen molar-refractivity contribution in [1.29, 1.82) is 0 Å². The first-order valence-corrected chi connectivity index (χ1v) is 7.99. The van der Waals surface area contributed by atoms with Crippen molar-refractivity contribution < 1.29 is 9.53 Å². The van der Waals surface area contributed by atoms with Crippen molar-refractivity contribution in [2.45, 2.75) is 45.3 Å². The van der Waals surface area contributed by atoms with E-state index in [1.165, 1.54) is 11.1 Å². The molecule has 1 aromatic carbocycles. The lowest BCUT2D eigenvalue weighted by Crippen LogP contribution is -2.34. The average Bonchev–Trinajstić information content (AvgIpc) is 2.45. The lowest BCUT2D eigenvalue weighted by molar-refractivity contribution is -0.119. The Labute approximate surface area is 126 Å². The van der Waals surface area contributed by atoms with E-state index in [1.807, 2.05) is 19.1 Å². The number of carbonyl (C=O) groups excluding carboxylic acids is 1. The Morgan fingerprint density at radius 2 is 2.29 bits per heavy atom. The number of benzene rings is 1. The first-order valence-electron chi connectivity index (χ1n) is 7.99. The van der Waals surface area contributed by atoms with Crippen LogP contribution in [0.25, 0.3) is 0 Å². The summed E-state index contributed by atoms with van der Waals surface area (Å²) in [5.74, 6) is 0.619. The maximum absolute atomic E-state index is 12.2. The first-order chi connectivity index (χ1) is 10.3. The molecule has 0 bridgehead atoms. The molecule has 4 nitrogen and oxygen atoms in total. The average molecular weight is 288 g/mol. The molecule has 1 fully saturated rings. The van der Waals surface area contributed by atoms with Gasteiger partial charge in [-0.3, -0.25) is 4.79 Å². The van der Waals surface area contributed by atoms with Crippen molar-refractivity contribution in [3.63, 3.8) is 0 Å². The van der Waals surface area contributed by atoms with Crippen LogP contribution in [0, 0.1) is 5.92 Å². The van der Waals surface area contributed by atoms with Gasteiger partial charge in [-0.25, -0.2) is 0 Å². The number of fused-ring (bicyclic) bond motifs is 1. The second-order valence-corrected chi connectivity index (χ2v) is 6.04. The highest BCUT2D eigenvalue weighted by atomic mass is 16.5. The summed E-state index contributed by atoms with van der Waals surface area (Å²) in [6.45, 7) is 4.66. The summed E-state index contributed by atoms with van der Waals surface area (Å²) in [7, 11) is 0. The fraction of sp³-hybridized carbons (Fsp3) is 0.588. The van der Waals surface area contributed by atoms with Gasteiger partial charge in [0.15, 0.2) is 0 Å². The Balaban J connectivity index is 1.54. The van der Waals surface area contributed by atoms with Crippen LogP contribution >= 0.6 is 0 Å². The van der Waals surface area contributed by atoms with Gasteiger partial charge in [-0.1, -0.05) is 12.1 Å². The molecule has 1 amide bonds. The number of ether oxygens (including phenoxy) is 1. The summed E-state index contributed by atoms with van der Waals surface area (Å²) in [6.07, 6.45) is 4.07. The molecule has 4 heteroatoms. The zero-order valence-corrected chi connectivity index (χ0v) is 12.7. The molecular weight excluding hydrogens is 264 g/mol. The lowest BCUT2D eigenvalue weighted by atomic mass is 9.80. The number of amides is 1. The van der Waals surface area contributed by atoms with Gasteiger partial charge in [0.1, 0.15) is 0 Å². The molecule has 1 aliphatic carbocycles. The molecule has 2 aliphatic rings. The molecule has 0 saturated heterocycles. The van der Waals surface area contributed by atoms with Crippen LogP contribution < -0.4 is 10.6 Å². The summed E-state index contributed by atoms with van der Waals surface area (Å²) in [4.78, 5) is 12.2. The first kappa shape index (κ1) is 14.5. The van der Waals surface area contributed by atoms with E-state index >= 15 is 0 Å². The number of hydrogen-bond donors (Lipinski definition) is 2. The minimum atomic E-state index is 0.133. The van der Waals surface area contributed by atoms with Crippen LogP contribution in [-0.2, 0) is 22.5 Å². The van der Waals surface area contributed by atoms with Gasteiger partial charge in [-0.05, 0) is 55.8 Å². The number of nitrogens with one attached hydrogen (secondary N) is 2. The summed E-state index contributed by atoms with van der Waals surface area (Å²) >= 11 is 0. The van der Waals surface area contributed by atoms with Crippen molar-refractivity contribution in [3.8, 4) is 0 Å². The van der Waals surface area contributed by atoms with E-state index in [4.69, 9.17) is 4.74 Å². The Morgan fingerprint density at radius 1 is 1.43 bits per heavy atom. The fourth-order valence-corrected chi connectivity index (χ4v) is 3.31. The topological polar surface area (TPSA) is 50.4 Å². The zero-order chi connectivity index (χ0) is 14.7. The maximum Gasteiger partial charge on any atom is 0.224 e. The molecule has 0 aromatic heterocycles. The van der Waals surface area contributed by atoms with E-state index in [1.54, 1.807) is 0 Å². The second-order valence-electron chi connectivity index (χ2n) is 6.04. The van der Waals surface area contributed by atoms with E-state index in [0.717, 1.165) is 44.6 Å². The molecule has 0 unspecified atom stereocenters. The zero-order valence-electron chi connectivity index (χ0n) is 12.7. The monoisotopic (exact) mass is 288 g/mol. The highest BCUT2D eigenvalue weighted by Crippen LogP contribution is 2.33. The van der Waals surface area contributed by atoms with E-state index in [0.29, 0.717) is 18.4 Å². The van der Waals surface area contributed by atoms with Crippen molar-refractivity contribution in [1.82, 2.24) is 5.32 Å². The maximum atomic E-state index is 12.2. The van der Waals surface area contributed by atoms with Gasteiger partial charge in [-0.15, -0.1) is 0 Å². The molecule has 1 aromatic rings. The van der Waals surface area contributed by atoms with Crippen LogP contribution in [0.2, 0.25) is 0 Å². The van der Waals surface area contributed by atoms with Crippen LogP contribution in [0.3, 0.4) is 0 Å². The smallest absolute Gasteiger partial charge is 0.224 e. The highest BCUT2D eigenvalue weighted by molar-refractivity contribution is 5.92. The molecule has 1 saturated carbocycles. The molecule has 0 atom stereocenters. The van der Waals surface area contributed by atoms with Crippen LogP contribution in [0.1, 0.15) is 37.3 Å². The van der Waals surface area contributed by atoms with Crippen LogP contribution in [0.15, 0.2) is 18.2 Å². The SMILES string of the molecule is CCOC1CC(CC(=O)Nc2cccc3c2CNCC3)C1. The fourth-order valence-electron chi connectivity index (χ4n) is 3.31. The number of carbonyl (C=O) groups is 1. The number of anilines is 1. The summed E-state index contributed by atoms with van der Waals surface area (Å²) in [5.41, 5.74) is 3.58. The van der Waals surface area contributed by atoms with Crippen LogP contribution in [0.5, 0.6) is 0 Å². The minimum Gasteiger partial charge on any atom is -0.378 e. The van der Waals surface area contributed by atoms with Crippen LogP contribution in [-0.4, -0.2) is 25.2 Å². The molecule has 1 aliphatic heterocycles. The molecule has 0 spiro atoms. The normalized spacial score (nSPS) is 24.0. The summed E-state index contributed by atoms with van der Waals surface area (Å²) in [6, 6.07) is 6.20. The van der Waals surface area contributed by atoms with E-state index in [-0.39, 0.29) is 5.91 Å². The third-order valence-electron chi connectivity index (χ3n) is 4.49. The number of hydrogen-bond acceptors (Lipinski definition) is 3. The molecule has 3 rings (SSSR count). The second kappa shape index (κ2) is 6.58. The van der Waals surface area contributed by atoms with E-state index < -0.39 is 0 Å². The van der Waals surface area contributed by atoms with Gasteiger partial charge in [0.25, 0.3) is 0 Å². The summed E-state index contributed by atoms with van der Waals surface area (Å²) < 4.78 is 5.54. The molecule has 0 radical (unpaired) electrons. The molecule has 2 N–H and O–H groups in total. The van der Waals surface area contributed by atoms with Crippen molar-refractivity contribution in [2.24, 2.45) is 5.92 Å². The standard InChI is InChI=1S/C17H24N2O2/c1-2-21-14-8-12(9-14)10-17(20)19-16-5-3-4-13-6-7-18-11-15(13)16/h3-5,12,14,18H,2,6-11H2,1H3,(H,19,20). The Morgan fingerprint density at radius 3 is 3.10 bits per heavy atom. The van der Waals surface area contributed by atoms with Crippen molar-refractivity contribution in [3.05, 3.63) is 29.3 Å². The molecular formula is C17H24N2O2. The Kier molecular flexibility index (Phi) is 4.56. The third kappa shape index (κ3) is 3.44. The van der Waals surface area contributed by atoms with Gasteiger partial charge in [0.2, 0.25) is 5.91 Å². The van der Waals surface area contributed by atoms with Crippen LogP contribution in [0.4, 0.5) is 5.69 Å². The molecule has 1 heterocycles. The third-order valence-corrected chi connectivity index (χ3v) is 4.49. The predicted molar refractivity (Wildman–Crippen MR) is 83.2 cm³/mol. The minimum absolute atomic E-state index is 0.133. The molecule has 114 valence electrons. The van der Waals surface area contributed by atoms with Crippen molar-refractivity contribution in [2.75, 3.05) is 18.5 Å². The van der Waals surface area contributed by atoms with Gasteiger partial charge >= 0.3 is 0 Å². The quantitative estimate of drug-likeness (QED) is 0.875. The Hall–Kier alpha value is -1.39. The molecule has 21 heavy (non-hydrogen) atoms. The van der Waals surface area contributed by atoms with Gasteiger partial charge in [-0.2, -0.15) is 0 Å². The number of rotatable bonds is 5. The van der Waals surface area contributed by atoms with Gasteiger partial charge in [0.05, 0.1) is 6.10 Å². The van der Waals surface area contributed by atoms with Gasteiger partial charge < -0.3 is 15.4 Å². The highest BCUT2D eigenvalue weighted by Gasteiger charge is 2.31. The van der Waals surface area contributed by atoms with Gasteiger partial charge in [0, 0.05) is 25.3 Å². The lowest BCUT2D eigenvalue weighted by Gasteiger charge is -2.34. The van der Waals surface area contributed by atoms with Crippen molar-refractivity contribution >= 4 is 11.6 Å². The largest absolute Gasteiger partial charge is 0.378 e. The summed E-state index contributed by atoms with van der Waals surface area (Å²) in [5, 5.41) is 6.47. The predicted octanol–water partition coefficient (Wildman–Crippen LogP) is 2.48. The Bertz CT molecular complexity index is 510.